The third kappa shape index (κ3) is 3.41. The summed E-state index contributed by atoms with van der Waals surface area (Å²) in [5.74, 6) is -0.424. The number of hydrogen-bond acceptors (Lipinski definition) is 3. The smallest absolute Gasteiger partial charge is 0.257 e. The third-order valence-corrected chi connectivity index (χ3v) is 3.36. The SMILES string of the molecule is O=C(Nc1ccc(C(=O)NC2CC2)cc1)c1ccc(=O)[nH]c1. The van der Waals surface area contributed by atoms with Crippen LogP contribution < -0.4 is 16.2 Å². The van der Waals surface area contributed by atoms with Crippen molar-refractivity contribution in [3.05, 3.63) is 64.1 Å². The monoisotopic (exact) mass is 297 g/mol. The first-order valence-corrected chi connectivity index (χ1v) is 7.03. The second kappa shape index (κ2) is 5.85. The van der Waals surface area contributed by atoms with Crippen LogP contribution in [0.5, 0.6) is 0 Å². The summed E-state index contributed by atoms with van der Waals surface area (Å²) in [6.07, 6.45) is 3.44. The molecule has 2 amide bonds. The second-order valence-electron chi connectivity index (χ2n) is 5.22. The first-order chi connectivity index (χ1) is 10.6. The van der Waals surface area contributed by atoms with Crippen LogP contribution in [0.15, 0.2) is 47.4 Å². The van der Waals surface area contributed by atoms with Gasteiger partial charge in [0.2, 0.25) is 5.56 Å². The molecule has 1 aliphatic carbocycles. The van der Waals surface area contributed by atoms with E-state index in [4.69, 9.17) is 0 Å². The highest BCUT2D eigenvalue weighted by atomic mass is 16.2. The molecule has 0 spiro atoms. The fraction of sp³-hybridized carbons (Fsp3) is 0.188. The molecule has 0 radical (unpaired) electrons. The van der Waals surface area contributed by atoms with Gasteiger partial charge < -0.3 is 15.6 Å². The van der Waals surface area contributed by atoms with Crippen molar-refractivity contribution in [2.75, 3.05) is 5.32 Å². The molecule has 22 heavy (non-hydrogen) atoms. The van der Waals surface area contributed by atoms with Crippen molar-refractivity contribution in [1.29, 1.82) is 0 Å². The quantitative estimate of drug-likeness (QED) is 0.799. The predicted octanol–water partition coefficient (Wildman–Crippen LogP) is 1.52. The Hall–Kier alpha value is -2.89. The summed E-state index contributed by atoms with van der Waals surface area (Å²) >= 11 is 0. The normalized spacial score (nSPS) is 13.5. The number of nitrogens with one attached hydrogen (secondary N) is 3. The average molecular weight is 297 g/mol. The van der Waals surface area contributed by atoms with Crippen molar-refractivity contribution in [3.63, 3.8) is 0 Å². The van der Waals surface area contributed by atoms with E-state index < -0.39 is 0 Å². The van der Waals surface area contributed by atoms with Crippen LogP contribution in [-0.2, 0) is 0 Å². The molecule has 3 rings (SSSR count). The lowest BCUT2D eigenvalue weighted by Gasteiger charge is -2.07. The zero-order chi connectivity index (χ0) is 15.5. The molecule has 0 unspecified atom stereocenters. The minimum Gasteiger partial charge on any atom is -0.349 e. The largest absolute Gasteiger partial charge is 0.349 e. The van der Waals surface area contributed by atoms with Gasteiger partial charge in [0.1, 0.15) is 0 Å². The molecule has 1 aromatic heterocycles. The Morgan fingerprint density at radius 3 is 2.23 bits per heavy atom. The van der Waals surface area contributed by atoms with Crippen LogP contribution in [0, 0.1) is 0 Å². The van der Waals surface area contributed by atoms with Crippen molar-refractivity contribution in [1.82, 2.24) is 10.3 Å². The molecule has 0 saturated heterocycles. The summed E-state index contributed by atoms with van der Waals surface area (Å²) in [5, 5.41) is 5.61. The first-order valence-electron chi connectivity index (χ1n) is 7.03. The van der Waals surface area contributed by atoms with E-state index in [0.29, 0.717) is 22.9 Å². The highest BCUT2D eigenvalue weighted by Crippen LogP contribution is 2.19. The maximum atomic E-state index is 12.0. The standard InChI is InChI=1S/C16H15N3O3/c20-14-8-3-11(9-17-14)16(22)19-12-4-1-10(2-5-12)15(21)18-13-6-7-13/h1-5,8-9,13H,6-7H2,(H,17,20)(H,18,21)(H,19,22). The Morgan fingerprint density at radius 2 is 1.64 bits per heavy atom. The lowest BCUT2D eigenvalue weighted by Crippen LogP contribution is -2.25. The lowest BCUT2D eigenvalue weighted by atomic mass is 10.2. The molecule has 1 saturated carbocycles. The summed E-state index contributed by atoms with van der Waals surface area (Å²) in [6.45, 7) is 0. The summed E-state index contributed by atoms with van der Waals surface area (Å²) in [4.78, 5) is 37.2. The predicted molar refractivity (Wildman–Crippen MR) is 81.9 cm³/mol. The first kappa shape index (κ1) is 14.1. The number of aromatic nitrogens is 1. The number of rotatable bonds is 4. The van der Waals surface area contributed by atoms with Crippen molar-refractivity contribution in [2.24, 2.45) is 0 Å². The number of anilines is 1. The highest BCUT2D eigenvalue weighted by molar-refractivity contribution is 6.04. The number of carbonyl (C=O) groups excluding carboxylic acids is 2. The molecular formula is C16H15N3O3. The maximum Gasteiger partial charge on any atom is 0.257 e. The minimum absolute atomic E-state index is 0.0963. The zero-order valence-electron chi connectivity index (χ0n) is 11.8. The molecule has 2 aromatic rings. The molecule has 112 valence electrons. The zero-order valence-corrected chi connectivity index (χ0v) is 11.8. The van der Waals surface area contributed by atoms with E-state index in [-0.39, 0.29) is 17.4 Å². The van der Waals surface area contributed by atoms with Crippen LogP contribution >= 0.6 is 0 Å². The van der Waals surface area contributed by atoms with Gasteiger partial charge in [0, 0.05) is 29.6 Å². The fourth-order valence-electron chi connectivity index (χ4n) is 1.96. The number of carbonyl (C=O) groups is 2. The Kier molecular flexibility index (Phi) is 3.74. The number of hydrogen-bond donors (Lipinski definition) is 3. The van der Waals surface area contributed by atoms with E-state index in [0.717, 1.165) is 12.8 Å². The van der Waals surface area contributed by atoms with Gasteiger partial charge in [0.15, 0.2) is 0 Å². The second-order valence-corrected chi connectivity index (χ2v) is 5.22. The van der Waals surface area contributed by atoms with Gasteiger partial charge in [-0.1, -0.05) is 0 Å². The van der Waals surface area contributed by atoms with E-state index in [1.54, 1.807) is 24.3 Å². The van der Waals surface area contributed by atoms with Gasteiger partial charge in [-0.25, -0.2) is 0 Å². The van der Waals surface area contributed by atoms with Crippen molar-refractivity contribution < 1.29 is 9.59 Å². The number of H-pyrrole nitrogens is 1. The van der Waals surface area contributed by atoms with E-state index in [1.807, 2.05) is 0 Å². The lowest BCUT2D eigenvalue weighted by molar-refractivity contribution is 0.0950. The van der Waals surface area contributed by atoms with E-state index in [1.165, 1.54) is 18.3 Å². The van der Waals surface area contributed by atoms with Crippen LogP contribution in [0.2, 0.25) is 0 Å². The van der Waals surface area contributed by atoms with Gasteiger partial charge in [-0.2, -0.15) is 0 Å². The molecule has 3 N–H and O–H groups in total. The van der Waals surface area contributed by atoms with Crippen LogP contribution in [0.1, 0.15) is 33.6 Å². The molecule has 6 heteroatoms. The third-order valence-electron chi connectivity index (χ3n) is 3.36. The van der Waals surface area contributed by atoms with E-state index in [2.05, 4.69) is 15.6 Å². The van der Waals surface area contributed by atoms with E-state index >= 15 is 0 Å². The Balaban J connectivity index is 1.65. The molecule has 0 bridgehead atoms. The number of pyridine rings is 1. The molecule has 0 aliphatic heterocycles. The molecule has 1 heterocycles. The minimum atomic E-state index is -0.327. The van der Waals surface area contributed by atoms with Gasteiger partial charge >= 0.3 is 0 Å². The van der Waals surface area contributed by atoms with Crippen molar-refractivity contribution in [3.8, 4) is 0 Å². The number of amides is 2. The summed E-state index contributed by atoms with van der Waals surface area (Å²) in [6, 6.07) is 9.73. The molecular weight excluding hydrogens is 282 g/mol. The average Bonchev–Trinajstić information content (AvgIpc) is 3.32. The topological polar surface area (TPSA) is 91.1 Å². The summed E-state index contributed by atoms with van der Waals surface area (Å²) in [7, 11) is 0. The van der Waals surface area contributed by atoms with Gasteiger partial charge in [-0.15, -0.1) is 0 Å². The summed E-state index contributed by atoms with van der Waals surface area (Å²) in [5.41, 5.74) is 1.24. The van der Waals surface area contributed by atoms with Crippen molar-refractivity contribution >= 4 is 17.5 Å². The Bertz CT molecular complexity index is 740. The Labute approximate surface area is 126 Å². The maximum absolute atomic E-state index is 12.0. The number of aromatic amines is 1. The van der Waals surface area contributed by atoms with Gasteiger partial charge in [-0.3, -0.25) is 14.4 Å². The van der Waals surface area contributed by atoms with Gasteiger partial charge in [-0.05, 0) is 43.2 Å². The van der Waals surface area contributed by atoms with Gasteiger partial charge in [0.05, 0.1) is 5.56 Å². The van der Waals surface area contributed by atoms with Crippen LogP contribution in [-0.4, -0.2) is 22.8 Å². The highest BCUT2D eigenvalue weighted by Gasteiger charge is 2.23. The Morgan fingerprint density at radius 1 is 0.955 bits per heavy atom. The molecule has 1 aromatic carbocycles. The van der Waals surface area contributed by atoms with Crippen LogP contribution in [0.25, 0.3) is 0 Å². The van der Waals surface area contributed by atoms with E-state index in [9.17, 15) is 14.4 Å². The molecule has 1 aliphatic rings. The van der Waals surface area contributed by atoms with Crippen LogP contribution in [0.3, 0.4) is 0 Å². The summed E-state index contributed by atoms with van der Waals surface area (Å²) < 4.78 is 0. The van der Waals surface area contributed by atoms with Crippen molar-refractivity contribution in [2.45, 2.75) is 18.9 Å². The molecule has 1 fully saturated rings. The van der Waals surface area contributed by atoms with Gasteiger partial charge in [0.25, 0.3) is 11.8 Å². The molecule has 0 atom stereocenters. The van der Waals surface area contributed by atoms with Crippen LogP contribution in [0.4, 0.5) is 5.69 Å². The molecule has 6 nitrogen and oxygen atoms in total. The number of benzene rings is 1. The fourth-order valence-corrected chi connectivity index (χ4v) is 1.96.